The number of ether oxygens (including phenoxy) is 1. The van der Waals surface area contributed by atoms with Gasteiger partial charge in [-0.1, -0.05) is 6.07 Å². The zero-order chi connectivity index (χ0) is 13.4. The van der Waals surface area contributed by atoms with E-state index in [1.54, 1.807) is 6.07 Å². The van der Waals surface area contributed by atoms with Gasteiger partial charge in [-0.3, -0.25) is 4.79 Å². The fourth-order valence-electron chi connectivity index (χ4n) is 2.08. The lowest BCUT2D eigenvalue weighted by Gasteiger charge is -2.19. The molecule has 19 heavy (non-hydrogen) atoms. The summed E-state index contributed by atoms with van der Waals surface area (Å²) in [6.45, 7) is 1.92. The summed E-state index contributed by atoms with van der Waals surface area (Å²) < 4.78 is 10.8. The van der Waals surface area contributed by atoms with Crippen LogP contribution in [0.3, 0.4) is 0 Å². The maximum Gasteiger partial charge on any atom is 0.262 e. The summed E-state index contributed by atoms with van der Waals surface area (Å²) in [7, 11) is 0. The van der Waals surface area contributed by atoms with Crippen LogP contribution in [-0.4, -0.2) is 12.5 Å². The highest BCUT2D eigenvalue weighted by molar-refractivity contribution is 5.95. The quantitative estimate of drug-likeness (QED) is 0.863. The second-order valence-corrected chi connectivity index (χ2v) is 4.52. The van der Waals surface area contributed by atoms with E-state index >= 15 is 0 Å². The van der Waals surface area contributed by atoms with Crippen molar-refractivity contribution in [3.63, 3.8) is 0 Å². The monoisotopic (exact) mass is 258 g/mol. The molecule has 0 saturated carbocycles. The van der Waals surface area contributed by atoms with E-state index < -0.39 is 0 Å². The van der Waals surface area contributed by atoms with Gasteiger partial charge in [-0.05, 0) is 36.8 Å². The van der Waals surface area contributed by atoms with Gasteiger partial charge in [0.25, 0.3) is 5.91 Å². The molecule has 0 radical (unpaired) electrons. The molecule has 1 aliphatic heterocycles. The Morgan fingerprint density at radius 1 is 1.32 bits per heavy atom. The highest BCUT2D eigenvalue weighted by Gasteiger charge is 2.19. The van der Waals surface area contributed by atoms with Crippen molar-refractivity contribution >= 4 is 11.6 Å². The van der Waals surface area contributed by atoms with E-state index in [1.165, 1.54) is 0 Å². The average Bonchev–Trinajstić information content (AvgIpc) is 2.83. The van der Waals surface area contributed by atoms with Crippen molar-refractivity contribution in [2.45, 2.75) is 13.0 Å². The highest BCUT2D eigenvalue weighted by Crippen LogP contribution is 2.32. The standard InChI is InChI=1S/C14H14N2O3/c1-8-2-4-12(19-8)14(15)9-3-5-11-10(6-9)16-13(17)7-18-11/h2-6,14H,7,15H2,1H3,(H,16,17). The molecule has 0 spiro atoms. The first kappa shape index (κ1) is 11.8. The third kappa shape index (κ3) is 2.20. The lowest BCUT2D eigenvalue weighted by atomic mass is 10.0. The number of anilines is 1. The first-order valence-corrected chi connectivity index (χ1v) is 6.02. The number of amides is 1. The van der Waals surface area contributed by atoms with Crippen LogP contribution in [0.5, 0.6) is 5.75 Å². The summed E-state index contributed by atoms with van der Waals surface area (Å²) in [5.74, 6) is 2.01. The minimum atomic E-state index is -0.363. The first-order valence-electron chi connectivity index (χ1n) is 6.02. The van der Waals surface area contributed by atoms with Crippen molar-refractivity contribution in [3.05, 3.63) is 47.4 Å². The number of aryl methyl sites for hydroxylation is 1. The van der Waals surface area contributed by atoms with Crippen molar-refractivity contribution in [2.75, 3.05) is 11.9 Å². The number of furan rings is 1. The number of carbonyl (C=O) groups excluding carboxylic acids is 1. The van der Waals surface area contributed by atoms with Crippen LogP contribution >= 0.6 is 0 Å². The third-order valence-electron chi connectivity index (χ3n) is 3.06. The molecule has 1 aromatic carbocycles. The minimum Gasteiger partial charge on any atom is -0.482 e. The number of rotatable bonds is 2. The van der Waals surface area contributed by atoms with Crippen molar-refractivity contribution in [3.8, 4) is 5.75 Å². The highest BCUT2D eigenvalue weighted by atomic mass is 16.5. The predicted octanol–water partition coefficient (Wildman–Crippen LogP) is 1.97. The van der Waals surface area contributed by atoms with Gasteiger partial charge in [0, 0.05) is 0 Å². The summed E-state index contributed by atoms with van der Waals surface area (Å²) in [6.07, 6.45) is 0. The molecular formula is C14H14N2O3. The molecule has 1 unspecified atom stereocenters. The van der Waals surface area contributed by atoms with E-state index in [1.807, 2.05) is 31.2 Å². The molecule has 0 saturated heterocycles. The fourth-order valence-corrected chi connectivity index (χ4v) is 2.08. The molecule has 2 heterocycles. The van der Waals surface area contributed by atoms with Crippen molar-refractivity contribution in [1.82, 2.24) is 0 Å². The van der Waals surface area contributed by atoms with Gasteiger partial charge in [-0.15, -0.1) is 0 Å². The SMILES string of the molecule is Cc1ccc(C(N)c2ccc3c(c2)NC(=O)CO3)o1. The molecule has 1 atom stereocenters. The van der Waals surface area contributed by atoms with Crippen LogP contribution in [0, 0.1) is 6.92 Å². The van der Waals surface area contributed by atoms with E-state index in [0.29, 0.717) is 17.2 Å². The van der Waals surface area contributed by atoms with Crippen LogP contribution < -0.4 is 15.8 Å². The van der Waals surface area contributed by atoms with E-state index in [4.69, 9.17) is 14.9 Å². The number of hydrogen-bond donors (Lipinski definition) is 2. The van der Waals surface area contributed by atoms with E-state index in [9.17, 15) is 4.79 Å². The second kappa shape index (κ2) is 4.44. The molecule has 1 amide bonds. The van der Waals surface area contributed by atoms with Crippen molar-refractivity contribution in [1.29, 1.82) is 0 Å². The Balaban J connectivity index is 1.93. The smallest absolute Gasteiger partial charge is 0.262 e. The maximum atomic E-state index is 11.3. The topological polar surface area (TPSA) is 77.5 Å². The molecule has 1 aliphatic rings. The van der Waals surface area contributed by atoms with Gasteiger partial charge in [0.2, 0.25) is 0 Å². The zero-order valence-corrected chi connectivity index (χ0v) is 10.5. The maximum absolute atomic E-state index is 11.3. The number of hydrogen-bond acceptors (Lipinski definition) is 4. The van der Waals surface area contributed by atoms with Gasteiger partial charge in [0.1, 0.15) is 17.3 Å². The molecule has 3 N–H and O–H groups in total. The molecular weight excluding hydrogens is 244 g/mol. The van der Waals surface area contributed by atoms with Crippen LogP contribution in [0.25, 0.3) is 0 Å². The van der Waals surface area contributed by atoms with Crippen LogP contribution in [0.15, 0.2) is 34.7 Å². The van der Waals surface area contributed by atoms with E-state index in [0.717, 1.165) is 11.3 Å². The fraction of sp³-hybridized carbons (Fsp3) is 0.214. The summed E-state index contributed by atoms with van der Waals surface area (Å²) in [4.78, 5) is 11.3. The van der Waals surface area contributed by atoms with Crippen molar-refractivity contribution < 1.29 is 13.9 Å². The van der Waals surface area contributed by atoms with Gasteiger partial charge in [0.05, 0.1) is 11.7 Å². The largest absolute Gasteiger partial charge is 0.482 e. The van der Waals surface area contributed by atoms with Gasteiger partial charge >= 0.3 is 0 Å². The summed E-state index contributed by atoms with van der Waals surface area (Å²) in [6, 6.07) is 8.86. The Kier molecular flexibility index (Phi) is 2.76. The lowest BCUT2D eigenvalue weighted by molar-refractivity contribution is -0.118. The molecule has 1 aromatic heterocycles. The van der Waals surface area contributed by atoms with Crippen LogP contribution in [0.2, 0.25) is 0 Å². The second-order valence-electron chi connectivity index (χ2n) is 4.52. The number of fused-ring (bicyclic) bond motifs is 1. The Morgan fingerprint density at radius 3 is 2.89 bits per heavy atom. The lowest BCUT2D eigenvalue weighted by Crippen LogP contribution is -2.25. The number of nitrogens with two attached hydrogens (primary N) is 1. The predicted molar refractivity (Wildman–Crippen MR) is 70.0 cm³/mol. The van der Waals surface area contributed by atoms with Crippen LogP contribution in [0.1, 0.15) is 23.1 Å². The molecule has 98 valence electrons. The van der Waals surface area contributed by atoms with Crippen LogP contribution in [-0.2, 0) is 4.79 Å². The normalized spacial score (nSPS) is 15.4. The third-order valence-corrected chi connectivity index (χ3v) is 3.06. The molecule has 0 fully saturated rings. The summed E-state index contributed by atoms with van der Waals surface area (Å²) >= 11 is 0. The molecule has 0 bridgehead atoms. The molecule has 5 heteroatoms. The first-order chi connectivity index (χ1) is 9.13. The Hall–Kier alpha value is -2.27. The molecule has 3 rings (SSSR count). The Bertz CT molecular complexity index is 633. The summed E-state index contributed by atoms with van der Waals surface area (Å²) in [5, 5.41) is 2.76. The number of benzene rings is 1. The minimum absolute atomic E-state index is 0.0514. The Labute approximate surface area is 110 Å². The van der Waals surface area contributed by atoms with Gasteiger partial charge in [-0.25, -0.2) is 0 Å². The molecule has 0 aliphatic carbocycles. The number of carbonyl (C=O) groups is 1. The van der Waals surface area contributed by atoms with E-state index in [2.05, 4.69) is 5.32 Å². The van der Waals surface area contributed by atoms with Gasteiger partial charge in [-0.2, -0.15) is 0 Å². The van der Waals surface area contributed by atoms with Crippen LogP contribution in [0.4, 0.5) is 5.69 Å². The molecule has 2 aromatic rings. The van der Waals surface area contributed by atoms with Crippen molar-refractivity contribution in [2.24, 2.45) is 5.73 Å². The zero-order valence-electron chi connectivity index (χ0n) is 10.5. The van der Waals surface area contributed by atoms with Gasteiger partial charge in [0.15, 0.2) is 6.61 Å². The molecule has 5 nitrogen and oxygen atoms in total. The van der Waals surface area contributed by atoms with E-state index in [-0.39, 0.29) is 18.6 Å². The van der Waals surface area contributed by atoms with Gasteiger partial charge < -0.3 is 20.2 Å². The summed E-state index contributed by atoms with van der Waals surface area (Å²) in [5.41, 5.74) is 7.66. The Morgan fingerprint density at radius 2 is 2.16 bits per heavy atom. The average molecular weight is 258 g/mol. The number of nitrogens with one attached hydrogen (secondary N) is 1.